The number of anilines is 1. The van der Waals surface area contributed by atoms with E-state index in [1.54, 1.807) is 0 Å². The van der Waals surface area contributed by atoms with Gasteiger partial charge in [0.1, 0.15) is 0 Å². The van der Waals surface area contributed by atoms with Gasteiger partial charge in [0.15, 0.2) is 5.13 Å². The zero-order valence-corrected chi connectivity index (χ0v) is 11.7. The zero-order chi connectivity index (χ0) is 13.2. The molecule has 2 atom stereocenters. The molecule has 0 bridgehead atoms. The van der Waals surface area contributed by atoms with Crippen LogP contribution < -0.4 is 10.6 Å². The number of thiazole rings is 1. The number of rotatable bonds is 2. The second-order valence-electron chi connectivity index (χ2n) is 5.03. The van der Waals surface area contributed by atoms with Gasteiger partial charge in [0, 0.05) is 0 Å². The van der Waals surface area contributed by atoms with Crippen molar-refractivity contribution in [2.24, 2.45) is 5.92 Å². The van der Waals surface area contributed by atoms with Crippen molar-refractivity contribution in [1.82, 2.24) is 10.3 Å². The molecule has 4 nitrogen and oxygen atoms in total. The van der Waals surface area contributed by atoms with E-state index in [9.17, 15) is 4.79 Å². The molecule has 2 unspecified atom stereocenters. The minimum Gasteiger partial charge on any atom is -0.306 e. The van der Waals surface area contributed by atoms with Crippen LogP contribution in [0.25, 0.3) is 10.2 Å². The van der Waals surface area contributed by atoms with Gasteiger partial charge in [0.25, 0.3) is 0 Å². The average Bonchev–Trinajstić information content (AvgIpc) is 2.81. The van der Waals surface area contributed by atoms with Crippen LogP contribution in [0.15, 0.2) is 24.3 Å². The van der Waals surface area contributed by atoms with Gasteiger partial charge in [-0.1, -0.05) is 30.4 Å². The van der Waals surface area contributed by atoms with Crippen molar-refractivity contribution in [1.29, 1.82) is 0 Å². The highest BCUT2D eigenvalue weighted by Crippen LogP contribution is 2.26. The maximum Gasteiger partial charge on any atom is 0.243 e. The highest BCUT2D eigenvalue weighted by molar-refractivity contribution is 7.22. The van der Waals surface area contributed by atoms with E-state index < -0.39 is 0 Å². The van der Waals surface area contributed by atoms with E-state index in [0.717, 1.165) is 29.6 Å². The summed E-state index contributed by atoms with van der Waals surface area (Å²) in [6.07, 6.45) is 2.25. The zero-order valence-electron chi connectivity index (χ0n) is 10.8. The van der Waals surface area contributed by atoms with E-state index in [1.165, 1.54) is 11.3 Å². The molecule has 19 heavy (non-hydrogen) atoms. The summed E-state index contributed by atoms with van der Waals surface area (Å²) in [5.74, 6) is 0.411. The molecule has 3 rings (SSSR count). The number of carbonyl (C=O) groups is 1. The third kappa shape index (κ3) is 2.62. The van der Waals surface area contributed by atoms with Crippen LogP contribution in [0.1, 0.15) is 19.8 Å². The SMILES string of the molecule is CC1CCCNC1C(=O)Nc1nc2ccccc2s1. The van der Waals surface area contributed by atoms with Crippen LogP contribution in [0.2, 0.25) is 0 Å². The number of piperidine rings is 1. The molecule has 1 aliphatic rings. The summed E-state index contributed by atoms with van der Waals surface area (Å²) in [5.41, 5.74) is 0.937. The molecule has 1 amide bonds. The number of fused-ring (bicyclic) bond motifs is 1. The summed E-state index contributed by atoms with van der Waals surface area (Å²) in [6.45, 7) is 3.04. The van der Waals surface area contributed by atoms with Gasteiger partial charge < -0.3 is 10.6 Å². The molecule has 5 heteroatoms. The van der Waals surface area contributed by atoms with Crippen molar-refractivity contribution in [2.45, 2.75) is 25.8 Å². The fraction of sp³-hybridized carbons (Fsp3) is 0.429. The molecule has 0 saturated carbocycles. The van der Waals surface area contributed by atoms with Crippen molar-refractivity contribution in [3.8, 4) is 0 Å². The number of nitrogens with zero attached hydrogens (tertiary/aromatic N) is 1. The van der Waals surface area contributed by atoms with E-state index in [4.69, 9.17) is 0 Å². The van der Waals surface area contributed by atoms with Crippen molar-refractivity contribution in [2.75, 3.05) is 11.9 Å². The van der Waals surface area contributed by atoms with E-state index >= 15 is 0 Å². The summed E-state index contributed by atoms with van der Waals surface area (Å²) in [7, 11) is 0. The van der Waals surface area contributed by atoms with Crippen LogP contribution in [0.3, 0.4) is 0 Å². The van der Waals surface area contributed by atoms with Gasteiger partial charge in [-0.3, -0.25) is 4.79 Å². The smallest absolute Gasteiger partial charge is 0.243 e. The number of amides is 1. The summed E-state index contributed by atoms with van der Waals surface area (Å²) < 4.78 is 1.10. The highest BCUT2D eigenvalue weighted by Gasteiger charge is 2.27. The largest absolute Gasteiger partial charge is 0.306 e. The van der Waals surface area contributed by atoms with Crippen LogP contribution in [0.5, 0.6) is 0 Å². The molecule has 1 aromatic heterocycles. The first kappa shape index (κ1) is 12.6. The molecular weight excluding hydrogens is 258 g/mol. The number of hydrogen-bond donors (Lipinski definition) is 2. The Morgan fingerprint density at radius 2 is 2.32 bits per heavy atom. The van der Waals surface area contributed by atoms with Crippen LogP contribution in [-0.2, 0) is 4.79 Å². The number of nitrogens with one attached hydrogen (secondary N) is 2. The lowest BCUT2D eigenvalue weighted by Gasteiger charge is -2.28. The van der Waals surface area contributed by atoms with Gasteiger partial charge in [-0.25, -0.2) is 4.98 Å². The molecule has 1 fully saturated rings. The molecule has 2 heterocycles. The fourth-order valence-corrected chi connectivity index (χ4v) is 3.38. The second kappa shape index (κ2) is 5.27. The summed E-state index contributed by atoms with van der Waals surface area (Å²) in [6, 6.07) is 7.82. The van der Waals surface area contributed by atoms with E-state index in [1.807, 2.05) is 24.3 Å². The van der Waals surface area contributed by atoms with Crippen LogP contribution in [0.4, 0.5) is 5.13 Å². The van der Waals surface area contributed by atoms with Crippen LogP contribution in [-0.4, -0.2) is 23.5 Å². The lowest BCUT2D eigenvalue weighted by molar-refractivity contribution is -0.119. The van der Waals surface area contributed by atoms with Crippen molar-refractivity contribution < 1.29 is 4.79 Å². The first-order chi connectivity index (χ1) is 9.24. The maximum absolute atomic E-state index is 12.2. The molecule has 1 aromatic carbocycles. The Bertz CT molecular complexity index is 562. The Hall–Kier alpha value is -1.46. The van der Waals surface area contributed by atoms with E-state index in [-0.39, 0.29) is 11.9 Å². The molecule has 1 saturated heterocycles. The van der Waals surface area contributed by atoms with Gasteiger partial charge >= 0.3 is 0 Å². The molecule has 2 aromatic rings. The lowest BCUT2D eigenvalue weighted by Crippen LogP contribution is -2.48. The van der Waals surface area contributed by atoms with E-state index in [0.29, 0.717) is 11.0 Å². The predicted octanol–water partition coefficient (Wildman–Crippen LogP) is 2.62. The van der Waals surface area contributed by atoms with Crippen molar-refractivity contribution in [3.63, 3.8) is 0 Å². The number of benzene rings is 1. The van der Waals surface area contributed by atoms with Gasteiger partial charge in [-0.15, -0.1) is 0 Å². The monoisotopic (exact) mass is 275 g/mol. The Kier molecular flexibility index (Phi) is 3.48. The quantitative estimate of drug-likeness (QED) is 0.886. The summed E-state index contributed by atoms with van der Waals surface area (Å²) in [4.78, 5) is 16.7. The highest BCUT2D eigenvalue weighted by atomic mass is 32.1. The average molecular weight is 275 g/mol. The minimum atomic E-state index is -0.0965. The predicted molar refractivity (Wildman–Crippen MR) is 78.4 cm³/mol. The van der Waals surface area contributed by atoms with Crippen LogP contribution in [0, 0.1) is 5.92 Å². The van der Waals surface area contributed by atoms with Crippen molar-refractivity contribution >= 4 is 32.6 Å². The summed E-state index contributed by atoms with van der Waals surface area (Å²) >= 11 is 1.52. The molecule has 0 aliphatic carbocycles. The molecular formula is C14H17N3OS. The van der Waals surface area contributed by atoms with E-state index in [2.05, 4.69) is 22.5 Å². The Balaban J connectivity index is 1.75. The van der Waals surface area contributed by atoms with Gasteiger partial charge in [0.2, 0.25) is 5.91 Å². The van der Waals surface area contributed by atoms with Crippen molar-refractivity contribution in [3.05, 3.63) is 24.3 Å². The number of para-hydroxylation sites is 1. The van der Waals surface area contributed by atoms with Gasteiger partial charge in [-0.2, -0.15) is 0 Å². The second-order valence-corrected chi connectivity index (χ2v) is 6.06. The minimum absolute atomic E-state index is 0.0336. The first-order valence-electron chi connectivity index (χ1n) is 6.64. The molecule has 2 N–H and O–H groups in total. The Morgan fingerprint density at radius 3 is 3.11 bits per heavy atom. The molecule has 100 valence electrons. The number of carbonyl (C=O) groups excluding carboxylic acids is 1. The van der Waals surface area contributed by atoms with Gasteiger partial charge in [-0.05, 0) is 37.4 Å². The number of hydrogen-bond acceptors (Lipinski definition) is 4. The lowest BCUT2D eigenvalue weighted by atomic mass is 9.92. The third-order valence-corrected chi connectivity index (χ3v) is 4.53. The Labute approximate surface area is 116 Å². The normalized spacial score (nSPS) is 23.4. The molecule has 1 aliphatic heterocycles. The molecule has 0 spiro atoms. The maximum atomic E-state index is 12.2. The summed E-state index contributed by atoms with van der Waals surface area (Å²) in [5, 5.41) is 6.91. The topological polar surface area (TPSA) is 54.0 Å². The first-order valence-corrected chi connectivity index (χ1v) is 7.45. The Morgan fingerprint density at radius 1 is 1.47 bits per heavy atom. The molecule has 0 radical (unpaired) electrons. The number of aromatic nitrogens is 1. The van der Waals surface area contributed by atoms with Gasteiger partial charge in [0.05, 0.1) is 16.3 Å². The standard InChI is InChI=1S/C14H17N3OS/c1-9-5-4-8-15-12(9)13(18)17-14-16-10-6-2-3-7-11(10)19-14/h2-3,6-7,9,12,15H,4-5,8H2,1H3,(H,16,17,18). The van der Waals surface area contributed by atoms with Crippen LogP contribution >= 0.6 is 11.3 Å². The third-order valence-electron chi connectivity index (χ3n) is 3.58. The fourth-order valence-electron chi connectivity index (χ4n) is 2.51.